The van der Waals surface area contributed by atoms with Crippen molar-refractivity contribution in [2.24, 2.45) is 7.05 Å². The standard InChI is InChI=1S/C25H25FN4O2/c1-29-16-19(25-27-23(32-28-25)13-17-9-5-4-6-10-17)24(31)18-14-20(26)22(15-21(18)29)30-11-7-2-3-8-12-30/h4-6,9-10,14-16H,2-3,7-8,11-13H2,1H3. The van der Waals surface area contributed by atoms with E-state index in [9.17, 15) is 4.79 Å². The molecule has 0 unspecified atom stereocenters. The summed E-state index contributed by atoms with van der Waals surface area (Å²) in [5.74, 6) is 0.276. The van der Waals surface area contributed by atoms with Crippen molar-refractivity contribution in [2.75, 3.05) is 18.0 Å². The number of hydrogen-bond acceptors (Lipinski definition) is 5. The number of nitrogens with zero attached hydrogens (tertiary/aromatic N) is 4. The molecule has 1 aliphatic heterocycles. The van der Waals surface area contributed by atoms with Gasteiger partial charge in [-0.15, -0.1) is 0 Å². The molecule has 1 saturated heterocycles. The number of halogens is 1. The molecule has 6 nitrogen and oxygen atoms in total. The molecular formula is C25H25FN4O2. The molecule has 1 aliphatic rings. The van der Waals surface area contributed by atoms with E-state index in [1.807, 2.05) is 41.9 Å². The van der Waals surface area contributed by atoms with E-state index < -0.39 is 0 Å². The number of hydrogen-bond donors (Lipinski definition) is 0. The second kappa shape index (κ2) is 8.57. The first-order chi connectivity index (χ1) is 15.6. The zero-order valence-electron chi connectivity index (χ0n) is 18.1. The lowest BCUT2D eigenvalue weighted by molar-refractivity contribution is 0.385. The van der Waals surface area contributed by atoms with Crippen LogP contribution in [0.5, 0.6) is 0 Å². The third-order valence-corrected chi connectivity index (χ3v) is 6.11. The Bertz CT molecular complexity index is 1310. The summed E-state index contributed by atoms with van der Waals surface area (Å²) in [6.07, 6.45) is 6.63. The minimum absolute atomic E-state index is 0.218. The van der Waals surface area contributed by atoms with E-state index in [4.69, 9.17) is 4.52 Å². The Balaban J connectivity index is 1.52. The summed E-state index contributed by atoms with van der Waals surface area (Å²) in [6, 6.07) is 12.9. The van der Waals surface area contributed by atoms with Crippen molar-refractivity contribution in [3.05, 3.63) is 76.2 Å². The molecule has 0 spiro atoms. The van der Waals surface area contributed by atoms with Crippen molar-refractivity contribution in [1.29, 1.82) is 0 Å². The predicted octanol–water partition coefficient (Wildman–Crippen LogP) is 4.70. The highest BCUT2D eigenvalue weighted by atomic mass is 19.1. The van der Waals surface area contributed by atoms with Crippen molar-refractivity contribution in [1.82, 2.24) is 14.7 Å². The third kappa shape index (κ3) is 3.90. The predicted molar refractivity (Wildman–Crippen MR) is 122 cm³/mol. The van der Waals surface area contributed by atoms with Crippen molar-refractivity contribution in [3.63, 3.8) is 0 Å². The summed E-state index contributed by atoms with van der Waals surface area (Å²) in [6.45, 7) is 1.67. The maximum Gasteiger partial charge on any atom is 0.231 e. The van der Waals surface area contributed by atoms with E-state index in [1.54, 1.807) is 12.3 Å². The van der Waals surface area contributed by atoms with Gasteiger partial charge in [-0.2, -0.15) is 4.98 Å². The lowest BCUT2D eigenvalue weighted by Crippen LogP contribution is -2.25. The minimum atomic E-state index is -0.369. The Labute approximate surface area is 185 Å². The van der Waals surface area contributed by atoms with Crippen LogP contribution in [-0.4, -0.2) is 27.8 Å². The Hall–Kier alpha value is -3.48. The van der Waals surface area contributed by atoms with E-state index in [1.165, 1.54) is 18.9 Å². The molecule has 164 valence electrons. The topological polar surface area (TPSA) is 64.2 Å². The number of anilines is 1. The monoisotopic (exact) mass is 432 g/mol. The van der Waals surface area contributed by atoms with Crippen LogP contribution >= 0.6 is 0 Å². The second-order valence-corrected chi connectivity index (χ2v) is 8.38. The molecule has 7 heteroatoms. The zero-order valence-corrected chi connectivity index (χ0v) is 18.1. The normalized spacial score (nSPS) is 14.6. The van der Waals surface area contributed by atoms with Crippen molar-refractivity contribution in [3.8, 4) is 11.4 Å². The molecule has 2 aromatic heterocycles. The van der Waals surface area contributed by atoms with Gasteiger partial charge >= 0.3 is 0 Å². The average Bonchev–Trinajstić information content (AvgIpc) is 3.08. The Morgan fingerprint density at radius 1 is 1.06 bits per heavy atom. The largest absolute Gasteiger partial charge is 0.369 e. The molecule has 0 N–H and O–H groups in total. The maximum absolute atomic E-state index is 15.1. The van der Waals surface area contributed by atoms with Crippen LogP contribution in [0.15, 0.2) is 58.0 Å². The van der Waals surface area contributed by atoms with Crippen molar-refractivity contribution >= 4 is 16.6 Å². The SMILES string of the molecule is Cn1cc(-c2noc(Cc3ccccc3)n2)c(=O)c2cc(F)c(N3CCCCCC3)cc21. The summed E-state index contributed by atoms with van der Waals surface area (Å²) in [4.78, 5) is 19.7. The summed E-state index contributed by atoms with van der Waals surface area (Å²) >= 11 is 0. The van der Waals surface area contributed by atoms with Crippen molar-refractivity contribution in [2.45, 2.75) is 32.1 Å². The number of aromatic nitrogens is 3. The number of fused-ring (bicyclic) bond motifs is 1. The number of aryl methyl sites for hydroxylation is 1. The number of rotatable bonds is 4. The van der Waals surface area contributed by atoms with Crippen LogP contribution in [0.3, 0.4) is 0 Å². The molecule has 0 atom stereocenters. The van der Waals surface area contributed by atoms with Gasteiger partial charge in [-0.05, 0) is 30.5 Å². The third-order valence-electron chi connectivity index (χ3n) is 6.11. The van der Waals surface area contributed by atoms with Crippen LogP contribution in [0.2, 0.25) is 0 Å². The van der Waals surface area contributed by atoms with E-state index in [-0.39, 0.29) is 17.1 Å². The van der Waals surface area contributed by atoms with E-state index >= 15 is 4.39 Å². The Morgan fingerprint density at radius 2 is 1.81 bits per heavy atom. The van der Waals surface area contributed by atoms with E-state index in [0.29, 0.717) is 34.5 Å². The lowest BCUT2D eigenvalue weighted by Gasteiger charge is -2.24. The molecular weight excluding hydrogens is 407 g/mol. The molecule has 4 aromatic rings. The Kier molecular flexibility index (Phi) is 5.47. The van der Waals surface area contributed by atoms with Crippen molar-refractivity contribution < 1.29 is 8.91 Å². The lowest BCUT2D eigenvalue weighted by atomic mass is 10.1. The highest BCUT2D eigenvalue weighted by Crippen LogP contribution is 2.28. The first kappa shape index (κ1) is 20.4. The van der Waals surface area contributed by atoms with Crippen LogP contribution in [0, 0.1) is 5.82 Å². The highest BCUT2D eigenvalue weighted by Gasteiger charge is 2.20. The molecule has 0 bridgehead atoms. The first-order valence-corrected chi connectivity index (χ1v) is 11.0. The summed E-state index contributed by atoms with van der Waals surface area (Å²) in [7, 11) is 1.85. The number of benzene rings is 2. The molecule has 0 amide bonds. The zero-order chi connectivity index (χ0) is 22.1. The smallest absolute Gasteiger partial charge is 0.231 e. The fourth-order valence-electron chi connectivity index (χ4n) is 4.41. The van der Waals surface area contributed by atoms with Crippen LogP contribution < -0.4 is 10.3 Å². The molecule has 2 aromatic carbocycles. The molecule has 0 saturated carbocycles. The van der Waals surface area contributed by atoms with Gasteiger partial charge in [-0.1, -0.05) is 48.3 Å². The van der Waals surface area contributed by atoms with Gasteiger partial charge in [0.15, 0.2) is 0 Å². The molecule has 32 heavy (non-hydrogen) atoms. The first-order valence-electron chi connectivity index (χ1n) is 11.0. The van der Waals surface area contributed by atoms with Crippen LogP contribution in [0.1, 0.15) is 37.1 Å². The quantitative estimate of drug-likeness (QED) is 0.468. The minimum Gasteiger partial charge on any atom is -0.369 e. The molecule has 5 rings (SSSR count). The van der Waals surface area contributed by atoms with Crippen LogP contribution in [0.25, 0.3) is 22.3 Å². The van der Waals surface area contributed by atoms with Gasteiger partial charge in [0.2, 0.25) is 17.1 Å². The van der Waals surface area contributed by atoms with Crippen LogP contribution in [0.4, 0.5) is 10.1 Å². The Morgan fingerprint density at radius 3 is 2.56 bits per heavy atom. The van der Waals surface area contributed by atoms with Gasteiger partial charge in [0, 0.05) is 31.7 Å². The van der Waals surface area contributed by atoms with E-state index in [0.717, 1.165) is 31.5 Å². The summed E-state index contributed by atoms with van der Waals surface area (Å²) in [5.41, 5.74) is 2.29. The average molecular weight is 432 g/mol. The summed E-state index contributed by atoms with van der Waals surface area (Å²) < 4.78 is 22.3. The molecule has 3 heterocycles. The van der Waals surface area contributed by atoms with E-state index in [2.05, 4.69) is 15.0 Å². The van der Waals surface area contributed by atoms with Gasteiger partial charge < -0.3 is 14.0 Å². The number of pyridine rings is 1. The van der Waals surface area contributed by atoms with Gasteiger partial charge in [0.05, 0.1) is 23.2 Å². The molecule has 0 aliphatic carbocycles. The fraction of sp³-hybridized carbons (Fsp3) is 0.320. The van der Waals surface area contributed by atoms with Gasteiger partial charge in [0.25, 0.3) is 0 Å². The second-order valence-electron chi connectivity index (χ2n) is 8.38. The fourth-order valence-corrected chi connectivity index (χ4v) is 4.41. The van der Waals surface area contributed by atoms with Crippen LogP contribution in [-0.2, 0) is 13.5 Å². The van der Waals surface area contributed by atoms with Gasteiger partial charge in [-0.3, -0.25) is 4.79 Å². The molecule has 1 fully saturated rings. The molecule has 0 radical (unpaired) electrons. The van der Waals surface area contributed by atoms with Gasteiger partial charge in [0.1, 0.15) is 5.82 Å². The van der Waals surface area contributed by atoms with Gasteiger partial charge in [-0.25, -0.2) is 4.39 Å². The maximum atomic E-state index is 15.1. The summed E-state index contributed by atoms with van der Waals surface area (Å²) in [5, 5.41) is 4.33. The highest BCUT2D eigenvalue weighted by molar-refractivity contribution is 5.86.